The Morgan fingerprint density at radius 3 is 2.29 bits per heavy atom. The third-order valence-electron chi connectivity index (χ3n) is 5.62. The molecule has 2 heterocycles. The summed E-state index contributed by atoms with van der Waals surface area (Å²) >= 11 is 0. The van der Waals surface area contributed by atoms with Crippen LogP contribution in [0, 0.1) is 6.92 Å². The van der Waals surface area contributed by atoms with Crippen LogP contribution in [0.2, 0.25) is 0 Å². The molecule has 1 aliphatic rings. The Balaban J connectivity index is 1.75. The fourth-order valence-electron chi connectivity index (χ4n) is 4.11. The summed E-state index contributed by atoms with van der Waals surface area (Å²) in [6.07, 6.45) is 2.90. The van der Waals surface area contributed by atoms with Gasteiger partial charge < -0.3 is 14.2 Å². The van der Waals surface area contributed by atoms with Crippen LogP contribution in [-0.4, -0.2) is 25.3 Å². The van der Waals surface area contributed by atoms with E-state index < -0.39 is 0 Å². The Hall–Kier alpha value is -3.05. The summed E-state index contributed by atoms with van der Waals surface area (Å²) in [5.41, 5.74) is 5.79. The maximum atomic E-state index is 5.83. The van der Waals surface area contributed by atoms with Crippen LogP contribution in [0.4, 0.5) is 0 Å². The first-order chi connectivity index (χ1) is 15.0. The molecule has 0 saturated heterocycles. The van der Waals surface area contributed by atoms with E-state index in [1.807, 2.05) is 32.2 Å². The van der Waals surface area contributed by atoms with Crippen LogP contribution in [0.5, 0.6) is 17.2 Å². The molecule has 1 N–H and O–H groups in total. The molecule has 0 spiro atoms. The van der Waals surface area contributed by atoms with Crippen molar-refractivity contribution in [2.75, 3.05) is 14.2 Å². The maximum Gasteiger partial charge on any atom is 0.161 e. The van der Waals surface area contributed by atoms with E-state index in [9.17, 15) is 0 Å². The first-order valence-electron chi connectivity index (χ1n) is 10.7. The minimum atomic E-state index is 0.00441. The van der Waals surface area contributed by atoms with Gasteiger partial charge in [0.05, 0.1) is 38.1 Å². The number of pyridine rings is 1. The van der Waals surface area contributed by atoms with E-state index in [1.54, 1.807) is 14.2 Å². The molecule has 5 nitrogen and oxygen atoms in total. The second kappa shape index (κ2) is 8.98. The summed E-state index contributed by atoms with van der Waals surface area (Å²) in [5, 5.41) is 3.81. The highest BCUT2D eigenvalue weighted by molar-refractivity contribution is 5.52. The highest BCUT2D eigenvalue weighted by Gasteiger charge is 2.30. The third-order valence-corrected chi connectivity index (χ3v) is 5.62. The molecule has 0 fully saturated rings. The minimum Gasteiger partial charge on any atom is -0.493 e. The van der Waals surface area contributed by atoms with Gasteiger partial charge in [0, 0.05) is 6.20 Å². The largest absolute Gasteiger partial charge is 0.493 e. The van der Waals surface area contributed by atoms with Gasteiger partial charge in [-0.15, -0.1) is 0 Å². The predicted molar refractivity (Wildman–Crippen MR) is 122 cm³/mol. The van der Waals surface area contributed by atoms with Crippen LogP contribution in [0.25, 0.3) is 0 Å². The molecule has 31 heavy (non-hydrogen) atoms. The number of rotatable bonds is 6. The standard InChI is InChI=1S/C26H30N2O3/c1-16(2)31-20-9-7-18(8-10-20)26-21-14-25(30-5)24(29-4)13-19(21)12-23(28-26)22-11-6-17(3)15-27-22/h6-11,13-16,23,26,28H,12H2,1-5H3/t23-,26-/m1/s1. The molecule has 1 aliphatic heterocycles. The number of aryl methyl sites for hydroxylation is 1. The fourth-order valence-corrected chi connectivity index (χ4v) is 4.11. The van der Waals surface area contributed by atoms with Crippen molar-refractivity contribution in [3.63, 3.8) is 0 Å². The molecule has 0 radical (unpaired) electrons. The summed E-state index contributed by atoms with van der Waals surface area (Å²) in [4.78, 5) is 4.69. The first-order valence-corrected chi connectivity index (χ1v) is 10.7. The van der Waals surface area contributed by atoms with Crippen LogP contribution in [0.1, 0.15) is 53.9 Å². The van der Waals surface area contributed by atoms with Crippen molar-refractivity contribution in [1.29, 1.82) is 0 Å². The van der Waals surface area contributed by atoms with Gasteiger partial charge in [-0.05, 0) is 79.8 Å². The van der Waals surface area contributed by atoms with E-state index in [4.69, 9.17) is 14.2 Å². The number of nitrogens with one attached hydrogen (secondary N) is 1. The number of nitrogens with zero attached hydrogens (tertiary/aromatic N) is 1. The van der Waals surface area contributed by atoms with Crippen molar-refractivity contribution in [2.24, 2.45) is 0 Å². The van der Waals surface area contributed by atoms with Crippen LogP contribution in [0.15, 0.2) is 54.7 Å². The molecule has 0 saturated carbocycles. The van der Waals surface area contributed by atoms with Crippen molar-refractivity contribution < 1.29 is 14.2 Å². The third kappa shape index (κ3) is 4.52. The summed E-state index contributed by atoms with van der Waals surface area (Å²) in [5.74, 6) is 2.36. The number of fused-ring (bicyclic) bond motifs is 1. The number of aromatic nitrogens is 1. The van der Waals surface area contributed by atoms with Gasteiger partial charge in [-0.25, -0.2) is 0 Å². The highest BCUT2D eigenvalue weighted by Crippen LogP contribution is 2.41. The second-order valence-corrected chi connectivity index (χ2v) is 8.26. The van der Waals surface area contributed by atoms with Gasteiger partial charge in [0.2, 0.25) is 0 Å². The lowest BCUT2D eigenvalue weighted by atomic mass is 9.85. The zero-order chi connectivity index (χ0) is 22.0. The lowest BCUT2D eigenvalue weighted by Gasteiger charge is -2.34. The smallest absolute Gasteiger partial charge is 0.161 e. The van der Waals surface area contributed by atoms with Gasteiger partial charge >= 0.3 is 0 Å². The summed E-state index contributed by atoms with van der Waals surface area (Å²) in [7, 11) is 3.35. The van der Waals surface area contributed by atoms with Crippen LogP contribution >= 0.6 is 0 Å². The molecule has 162 valence electrons. The van der Waals surface area contributed by atoms with Gasteiger partial charge in [0.25, 0.3) is 0 Å². The van der Waals surface area contributed by atoms with E-state index in [2.05, 4.69) is 53.6 Å². The van der Waals surface area contributed by atoms with Crippen LogP contribution in [-0.2, 0) is 6.42 Å². The van der Waals surface area contributed by atoms with Crippen molar-refractivity contribution in [3.05, 3.63) is 82.7 Å². The minimum absolute atomic E-state index is 0.00441. The first kappa shape index (κ1) is 21.2. The van der Waals surface area contributed by atoms with Gasteiger partial charge in [0.15, 0.2) is 11.5 Å². The van der Waals surface area contributed by atoms with Gasteiger partial charge in [0.1, 0.15) is 5.75 Å². The lowest BCUT2D eigenvalue weighted by molar-refractivity contribution is 0.242. The van der Waals surface area contributed by atoms with Gasteiger partial charge in [-0.3, -0.25) is 10.3 Å². The molecule has 0 amide bonds. The van der Waals surface area contributed by atoms with Crippen LogP contribution in [0.3, 0.4) is 0 Å². The van der Waals surface area contributed by atoms with E-state index in [0.29, 0.717) is 0 Å². The second-order valence-electron chi connectivity index (χ2n) is 8.26. The van der Waals surface area contributed by atoms with Gasteiger partial charge in [-0.1, -0.05) is 18.2 Å². The molecule has 2 aromatic carbocycles. The Morgan fingerprint density at radius 2 is 1.68 bits per heavy atom. The van der Waals surface area contributed by atoms with E-state index in [-0.39, 0.29) is 18.2 Å². The Labute approximate surface area is 184 Å². The number of benzene rings is 2. The fraction of sp³-hybridized carbons (Fsp3) is 0.346. The van der Waals surface area contributed by atoms with E-state index in [0.717, 1.165) is 34.9 Å². The summed E-state index contributed by atoms with van der Waals surface area (Å²) in [6.45, 7) is 6.12. The average Bonchev–Trinajstić information content (AvgIpc) is 2.78. The topological polar surface area (TPSA) is 52.6 Å². The lowest BCUT2D eigenvalue weighted by Crippen LogP contribution is -2.34. The zero-order valence-corrected chi connectivity index (χ0v) is 18.8. The van der Waals surface area contributed by atoms with Crippen molar-refractivity contribution in [3.8, 4) is 17.2 Å². The molecular formula is C26H30N2O3. The zero-order valence-electron chi connectivity index (χ0n) is 18.8. The monoisotopic (exact) mass is 418 g/mol. The van der Waals surface area contributed by atoms with Gasteiger partial charge in [-0.2, -0.15) is 0 Å². The van der Waals surface area contributed by atoms with E-state index >= 15 is 0 Å². The van der Waals surface area contributed by atoms with Crippen molar-refractivity contribution >= 4 is 0 Å². The van der Waals surface area contributed by atoms with Crippen molar-refractivity contribution in [1.82, 2.24) is 10.3 Å². The average molecular weight is 419 g/mol. The molecule has 0 aliphatic carbocycles. The Kier molecular flexibility index (Phi) is 6.14. The number of methoxy groups -OCH3 is 2. The number of hydrogen-bond acceptors (Lipinski definition) is 5. The Morgan fingerprint density at radius 1 is 0.968 bits per heavy atom. The number of hydrogen-bond donors (Lipinski definition) is 1. The molecule has 4 rings (SSSR count). The molecule has 1 aromatic heterocycles. The predicted octanol–water partition coefficient (Wildman–Crippen LogP) is 5.17. The maximum absolute atomic E-state index is 5.83. The Bertz CT molecular complexity index is 1030. The SMILES string of the molecule is COc1cc2c(cc1OC)[C@@H](c1ccc(OC(C)C)cc1)N[C@@H](c1ccc(C)cn1)C2. The summed E-state index contributed by atoms with van der Waals surface area (Å²) in [6, 6.07) is 16.8. The molecule has 2 atom stereocenters. The molecule has 0 bridgehead atoms. The summed E-state index contributed by atoms with van der Waals surface area (Å²) < 4.78 is 17.0. The highest BCUT2D eigenvalue weighted by atomic mass is 16.5. The van der Waals surface area contributed by atoms with Crippen molar-refractivity contribution in [2.45, 2.75) is 45.4 Å². The molecule has 5 heteroatoms. The molecular weight excluding hydrogens is 388 g/mol. The molecule has 3 aromatic rings. The quantitative estimate of drug-likeness (QED) is 0.598. The number of ether oxygens (including phenoxy) is 3. The van der Waals surface area contributed by atoms with E-state index in [1.165, 1.54) is 16.7 Å². The van der Waals surface area contributed by atoms with Crippen LogP contribution < -0.4 is 19.5 Å². The normalized spacial score (nSPS) is 17.9. The molecule has 0 unspecified atom stereocenters.